The van der Waals surface area contributed by atoms with E-state index in [1.54, 1.807) is 19.2 Å². The van der Waals surface area contributed by atoms with Gasteiger partial charge in [-0.05, 0) is 12.1 Å². The number of hydrogen-bond donors (Lipinski definition) is 1. The molecule has 0 spiro atoms. The van der Waals surface area contributed by atoms with Crippen molar-refractivity contribution in [3.8, 4) is 5.75 Å². The molecule has 1 aromatic rings. The Hall–Kier alpha value is -0.800. The third-order valence-electron chi connectivity index (χ3n) is 1.61. The van der Waals surface area contributed by atoms with Crippen LogP contribution in [0.15, 0.2) is 18.2 Å². The number of benzene rings is 1. The van der Waals surface area contributed by atoms with Crippen LogP contribution in [0.2, 0.25) is 5.02 Å². The molecule has 0 saturated carbocycles. The Morgan fingerprint density at radius 3 is 2.85 bits per heavy atom. The second-order valence-corrected chi connectivity index (χ2v) is 3.56. The Bertz CT molecular complexity index is 327. The molecular formula is C9H10ClNOS. The van der Waals surface area contributed by atoms with Gasteiger partial charge in [0.2, 0.25) is 0 Å². The Kier molecular flexibility index (Phi) is 3.51. The highest BCUT2D eigenvalue weighted by Crippen LogP contribution is 2.23. The molecule has 0 radical (unpaired) electrons. The summed E-state index contributed by atoms with van der Waals surface area (Å²) in [5.74, 6) is 0.723. The third kappa shape index (κ3) is 2.86. The number of thiocarbonyl (C=S) groups is 1. The van der Waals surface area contributed by atoms with E-state index in [1.165, 1.54) is 0 Å². The monoisotopic (exact) mass is 215 g/mol. The van der Waals surface area contributed by atoms with Gasteiger partial charge in [0, 0.05) is 17.0 Å². The summed E-state index contributed by atoms with van der Waals surface area (Å²) in [7, 11) is 1.59. The molecule has 0 aliphatic carbocycles. The fraction of sp³-hybridized carbons (Fsp3) is 0.222. The van der Waals surface area contributed by atoms with Crippen LogP contribution in [0.3, 0.4) is 0 Å². The lowest BCUT2D eigenvalue weighted by Gasteiger charge is -2.07. The topological polar surface area (TPSA) is 35.2 Å². The molecule has 1 rings (SSSR count). The van der Waals surface area contributed by atoms with Crippen molar-refractivity contribution in [1.29, 1.82) is 0 Å². The molecule has 2 nitrogen and oxygen atoms in total. The highest BCUT2D eigenvalue weighted by molar-refractivity contribution is 7.80. The van der Waals surface area contributed by atoms with Gasteiger partial charge in [-0.3, -0.25) is 0 Å². The maximum Gasteiger partial charge on any atom is 0.123 e. The summed E-state index contributed by atoms with van der Waals surface area (Å²) < 4.78 is 5.13. The number of methoxy groups -OCH3 is 1. The van der Waals surface area contributed by atoms with Crippen LogP contribution in [-0.2, 0) is 6.42 Å². The van der Waals surface area contributed by atoms with E-state index in [-0.39, 0.29) is 0 Å². The zero-order chi connectivity index (χ0) is 9.84. The summed E-state index contributed by atoms with van der Waals surface area (Å²) in [6.07, 6.45) is 0.537. The largest absolute Gasteiger partial charge is 0.496 e. The van der Waals surface area contributed by atoms with E-state index in [1.807, 2.05) is 6.07 Å². The number of halogens is 1. The van der Waals surface area contributed by atoms with Crippen LogP contribution in [0, 0.1) is 0 Å². The van der Waals surface area contributed by atoms with E-state index in [4.69, 9.17) is 34.3 Å². The van der Waals surface area contributed by atoms with E-state index in [2.05, 4.69) is 0 Å². The lowest BCUT2D eigenvalue weighted by Crippen LogP contribution is -2.11. The van der Waals surface area contributed by atoms with Crippen molar-refractivity contribution in [3.05, 3.63) is 28.8 Å². The minimum atomic E-state index is 0.445. The first-order valence-electron chi connectivity index (χ1n) is 3.74. The van der Waals surface area contributed by atoms with E-state index in [0.717, 1.165) is 11.3 Å². The lowest BCUT2D eigenvalue weighted by atomic mass is 10.1. The number of ether oxygens (including phenoxy) is 1. The Morgan fingerprint density at radius 1 is 1.62 bits per heavy atom. The first-order valence-corrected chi connectivity index (χ1v) is 4.53. The van der Waals surface area contributed by atoms with Crippen LogP contribution in [-0.4, -0.2) is 12.1 Å². The molecule has 0 aromatic heterocycles. The maximum absolute atomic E-state index is 5.79. The van der Waals surface area contributed by atoms with Crippen LogP contribution < -0.4 is 10.5 Å². The van der Waals surface area contributed by atoms with E-state index < -0.39 is 0 Å². The Morgan fingerprint density at radius 2 is 2.31 bits per heavy atom. The summed E-state index contributed by atoms with van der Waals surface area (Å²) in [6.45, 7) is 0. The lowest BCUT2D eigenvalue weighted by molar-refractivity contribution is 0.411. The first kappa shape index (κ1) is 10.3. The molecule has 0 amide bonds. The molecule has 0 saturated heterocycles. The standard InChI is InChI=1S/C9H10ClNOS/c1-12-8-5-7(10)3-2-6(8)4-9(11)13/h2-3,5H,4H2,1H3,(H2,11,13). The van der Waals surface area contributed by atoms with E-state index >= 15 is 0 Å². The van der Waals surface area contributed by atoms with Crippen LogP contribution >= 0.6 is 23.8 Å². The van der Waals surface area contributed by atoms with Gasteiger partial charge < -0.3 is 10.5 Å². The predicted octanol–water partition coefficient (Wildman–Crippen LogP) is 2.18. The first-order chi connectivity index (χ1) is 6.13. The zero-order valence-electron chi connectivity index (χ0n) is 7.21. The Labute approximate surface area is 87.6 Å². The summed E-state index contributed by atoms with van der Waals surface area (Å²) >= 11 is 10.6. The number of rotatable bonds is 3. The smallest absolute Gasteiger partial charge is 0.123 e. The van der Waals surface area contributed by atoms with E-state index in [9.17, 15) is 0 Å². The van der Waals surface area contributed by atoms with Crippen LogP contribution in [0.4, 0.5) is 0 Å². The van der Waals surface area contributed by atoms with E-state index in [0.29, 0.717) is 16.4 Å². The van der Waals surface area contributed by atoms with Crippen molar-refractivity contribution in [2.75, 3.05) is 7.11 Å². The molecule has 13 heavy (non-hydrogen) atoms. The predicted molar refractivity (Wildman–Crippen MR) is 58.5 cm³/mol. The van der Waals surface area contributed by atoms with Gasteiger partial charge in [0.25, 0.3) is 0 Å². The molecule has 0 fully saturated rings. The third-order valence-corrected chi connectivity index (χ3v) is 1.99. The molecule has 1 aromatic carbocycles. The average Bonchev–Trinajstić information content (AvgIpc) is 2.07. The minimum Gasteiger partial charge on any atom is -0.496 e. The molecule has 0 aliphatic heterocycles. The molecule has 0 unspecified atom stereocenters. The molecule has 0 aliphatic rings. The van der Waals surface area contributed by atoms with Crippen molar-refractivity contribution in [2.45, 2.75) is 6.42 Å². The molecule has 0 heterocycles. The van der Waals surface area contributed by atoms with Crippen molar-refractivity contribution < 1.29 is 4.74 Å². The van der Waals surface area contributed by atoms with Gasteiger partial charge in [-0.15, -0.1) is 0 Å². The highest BCUT2D eigenvalue weighted by Gasteiger charge is 2.04. The summed E-state index contributed by atoms with van der Waals surface area (Å²) in [6, 6.07) is 5.40. The summed E-state index contributed by atoms with van der Waals surface area (Å²) in [5.41, 5.74) is 6.39. The SMILES string of the molecule is COc1cc(Cl)ccc1CC(N)=S. The fourth-order valence-corrected chi connectivity index (χ4v) is 1.37. The fourth-order valence-electron chi connectivity index (χ4n) is 1.05. The molecule has 4 heteroatoms. The van der Waals surface area contributed by atoms with Gasteiger partial charge in [-0.1, -0.05) is 29.9 Å². The van der Waals surface area contributed by atoms with Gasteiger partial charge >= 0.3 is 0 Å². The summed E-state index contributed by atoms with van der Waals surface area (Å²) in [5, 5.41) is 0.642. The van der Waals surface area contributed by atoms with Gasteiger partial charge in [-0.2, -0.15) is 0 Å². The Balaban J connectivity index is 2.99. The highest BCUT2D eigenvalue weighted by atomic mass is 35.5. The molecular weight excluding hydrogens is 206 g/mol. The summed E-state index contributed by atoms with van der Waals surface area (Å²) in [4.78, 5) is 0.445. The van der Waals surface area contributed by atoms with Gasteiger partial charge in [0.1, 0.15) is 5.75 Å². The second-order valence-electron chi connectivity index (χ2n) is 2.60. The quantitative estimate of drug-likeness (QED) is 0.786. The van der Waals surface area contributed by atoms with Gasteiger partial charge in [0.15, 0.2) is 0 Å². The molecule has 2 N–H and O–H groups in total. The number of hydrogen-bond acceptors (Lipinski definition) is 2. The van der Waals surface area contributed by atoms with Crippen LogP contribution in [0.1, 0.15) is 5.56 Å². The van der Waals surface area contributed by atoms with Crippen molar-refractivity contribution in [1.82, 2.24) is 0 Å². The average molecular weight is 216 g/mol. The van der Waals surface area contributed by atoms with Gasteiger partial charge in [-0.25, -0.2) is 0 Å². The van der Waals surface area contributed by atoms with Crippen molar-refractivity contribution in [3.63, 3.8) is 0 Å². The number of nitrogens with two attached hydrogens (primary N) is 1. The maximum atomic E-state index is 5.79. The molecule has 0 bridgehead atoms. The molecule has 70 valence electrons. The normalized spacial score (nSPS) is 9.69. The zero-order valence-corrected chi connectivity index (χ0v) is 8.78. The van der Waals surface area contributed by atoms with Crippen molar-refractivity contribution >= 4 is 28.8 Å². The second kappa shape index (κ2) is 4.44. The minimum absolute atomic E-state index is 0.445. The van der Waals surface area contributed by atoms with Crippen LogP contribution in [0.25, 0.3) is 0 Å². The van der Waals surface area contributed by atoms with Crippen LogP contribution in [0.5, 0.6) is 5.75 Å². The van der Waals surface area contributed by atoms with Gasteiger partial charge in [0.05, 0.1) is 12.1 Å². The molecule has 0 atom stereocenters. The van der Waals surface area contributed by atoms with Crippen molar-refractivity contribution in [2.24, 2.45) is 5.73 Å².